The van der Waals surface area contributed by atoms with Gasteiger partial charge in [0.05, 0.1) is 26.9 Å². The summed E-state index contributed by atoms with van der Waals surface area (Å²) in [4.78, 5) is 12.4. The summed E-state index contributed by atoms with van der Waals surface area (Å²) >= 11 is 0. The molecule has 1 aromatic heterocycles. The predicted octanol–water partition coefficient (Wildman–Crippen LogP) is 5.25. The summed E-state index contributed by atoms with van der Waals surface area (Å²) in [5.41, 5.74) is 1.73. The second-order valence-electron chi connectivity index (χ2n) is 7.93. The molecule has 5 rings (SSSR count). The van der Waals surface area contributed by atoms with Crippen LogP contribution < -0.4 is 0 Å². The summed E-state index contributed by atoms with van der Waals surface area (Å²) < 4.78 is 28.3. The Bertz CT molecular complexity index is 1730. The number of nitriles is 1. The van der Waals surface area contributed by atoms with E-state index in [1.807, 2.05) is 24.3 Å². The number of hydrogen-bond acceptors (Lipinski definition) is 4. The number of carbonyl (C=O) groups is 1. The van der Waals surface area contributed by atoms with Crippen LogP contribution in [0.25, 0.3) is 21.7 Å². The maximum absolute atomic E-state index is 13.4. The molecule has 7 heteroatoms. The Hall–Kier alpha value is -4.41. The largest absolute Gasteiger partial charge is 0.477 e. The van der Waals surface area contributed by atoms with Crippen molar-refractivity contribution < 1.29 is 18.3 Å². The minimum Gasteiger partial charge on any atom is -0.477 e. The van der Waals surface area contributed by atoms with Crippen molar-refractivity contribution in [2.45, 2.75) is 16.3 Å². The number of aromatic nitrogens is 1. The van der Waals surface area contributed by atoms with Crippen LogP contribution in [-0.4, -0.2) is 24.1 Å². The van der Waals surface area contributed by atoms with Crippen molar-refractivity contribution >= 4 is 37.5 Å². The molecule has 0 atom stereocenters. The molecule has 166 valence electrons. The molecular weight excluding hydrogens is 448 g/mol. The third-order valence-electron chi connectivity index (χ3n) is 5.87. The van der Waals surface area contributed by atoms with Crippen molar-refractivity contribution in [2.24, 2.45) is 0 Å². The van der Waals surface area contributed by atoms with E-state index in [0.29, 0.717) is 22.0 Å². The van der Waals surface area contributed by atoms with Gasteiger partial charge in [-0.15, -0.1) is 0 Å². The van der Waals surface area contributed by atoms with Crippen molar-refractivity contribution in [3.63, 3.8) is 0 Å². The van der Waals surface area contributed by atoms with E-state index in [-0.39, 0.29) is 22.0 Å². The molecule has 1 heterocycles. The second kappa shape index (κ2) is 8.18. The first kappa shape index (κ1) is 21.4. The molecule has 0 aliphatic rings. The Kier molecular flexibility index (Phi) is 5.16. The van der Waals surface area contributed by atoms with Gasteiger partial charge in [-0.3, -0.25) is 0 Å². The van der Waals surface area contributed by atoms with E-state index in [9.17, 15) is 23.6 Å². The minimum absolute atomic E-state index is 0.0606. The van der Waals surface area contributed by atoms with Crippen molar-refractivity contribution in [3.05, 3.63) is 108 Å². The third-order valence-corrected chi connectivity index (χ3v) is 7.61. The fourth-order valence-electron chi connectivity index (χ4n) is 4.22. The maximum Gasteiger partial charge on any atom is 0.352 e. The van der Waals surface area contributed by atoms with E-state index in [1.54, 1.807) is 71.3 Å². The van der Waals surface area contributed by atoms with Crippen LogP contribution in [0.15, 0.2) is 101 Å². The topological polar surface area (TPSA) is 100 Å². The van der Waals surface area contributed by atoms with Crippen molar-refractivity contribution in [1.82, 2.24) is 4.57 Å². The van der Waals surface area contributed by atoms with Crippen LogP contribution in [0.2, 0.25) is 0 Å². The van der Waals surface area contributed by atoms with Crippen molar-refractivity contribution in [1.29, 1.82) is 5.26 Å². The summed E-state index contributed by atoms with van der Waals surface area (Å²) in [5, 5.41) is 21.4. The van der Waals surface area contributed by atoms with E-state index < -0.39 is 15.8 Å². The SMILES string of the molecule is N#Cc1ccc2cc(C(=O)O)n(Cc3cc(S(=O)(=O)c4ccccc4)cc4ccccc34)c2c1. The number of hydrogen-bond donors (Lipinski definition) is 1. The van der Waals surface area contributed by atoms with Gasteiger partial charge in [0.15, 0.2) is 0 Å². The number of carboxylic acid groups (broad SMARTS) is 1. The zero-order chi connectivity index (χ0) is 23.9. The van der Waals surface area contributed by atoms with E-state index in [4.69, 9.17) is 0 Å². The fraction of sp³-hybridized carbons (Fsp3) is 0.0370. The highest BCUT2D eigenvalue weighted by atomic mass is 32.2. The van der Waals surface area contributed by atoms with Crippen LogP contribution in [-0.2, 0) is 16.4 Å². The summed E-state index contributed by atoms with van der Waals surface area (Å²) in [6.07, 6.45) is 0. The average molecular weight is 467 g/mol. The third kappa shape index (κ3) is 3.60. The predicted molar refractivity (Wildman–Crippen MR) is 129 cm³/mol. The molecule has 0 aliphatic carbocycles. The first-order valence-corrected chi connectivity index (χ1v) is 12.0. The van der Waals surface area contributed by atoms with Gasteiger partial charge in [-0.1, -0.05) is 48.5 Å². The van der Waals surface area contributed by atoms with Gasteiger partial charge in [0.1, 0.15) is 5.69 Å². The number of carboxylic acids is 1. The van der Waals surface area contributed by atoms with Gasteiger partial charge < -0.3 is 9.67 Å². The molecular formula is C27H18N2O4S. The quantitative estimate of drug-likeness (QED) is 0.382. The molecule has 0 amide bonds. The fourth-order valence-corrected chi connectivity index (χ4v) is 5.59. The van der Waals surface area contributed by atoms with E-state index in [0.717, 1.165) is 10.8 Å². The smallest absolute Gasteiger partial charge is 0.352 e. The molecule has 5 aromatic rings. The normalized spacial score (nSPS) is 11.5. The first-order valence-electron chi connectivity index (χ1n) is 10.5. The van der Waals surface area contributed by atoms with Gasteiger partial charge in [0, 0.05) is 11.9 Å². The molecule has 0 bridgehead atoms. The van der Waals surface area contributed by atoms with Gasteiger partial charge in [0.25, 0.3) is 0 Å². The second-order valence-corrected chi connectivity index (χ2v) is 9.88. The van der Waals surface area contributed by atoms with Gasteiger partial charge >= 0.3 is 5.97 Å². The molecule has 0 saturated heterocycles. The highest BCUT2D eigenvalue weighted by Gasteiger charge is 2.21. The highest BCUT2D eigenvalue weighted by Crippen LogP contribution is 2.30. The van der Waals surface area contributed by atoms with Gasteiger partial charge in [0.2, 0.25) is 9.84 Å². The Labute approximate surface area is 195 Å². The van der Waals surface area contributed by atoms with Crippen LogP contribution in [0.4, 0.5) is 0 Å². The maximum atomic E-state index is 13.4. The van der Waals surface area contributed by atoms with Gasteiger partial charge in [-0.2, -0.15) is 5.26 Å². The lowest BCUT2D eigenvalue weighted by Gasteiger charge is -2.14. The summed E-state index contributed by atoms with van der Waals surface area (Å²) in [6, 6.07) is 27.5. The highest BCUT2D eigenvalue weighted by molar-refractivity contribution is 7.91. The summed E-state index contributed by atoms with van der Waals surface area (Å²) in [6.45, 7) is 0.124. The molecule has 4 aromatic carbocycles. The van der Waals surface area contributed by atoms with Crippen LogP contribution in [0, 0.1) is 11.3 Å². The molecule has 0 aliphatic heterocycles. The van der Waals surface area contributed by atoms with E-state index >= 15 is 0 Å². The van der Waals surface area contributed by atoms with Gasteiger partial charge in [-0.05, 0) is 58.8 Å². The van der Waals surface area contributed by atoms with Crippen LogP contribution in [0.1, 0.15) is 21.6 Å². The molecule has 0 radical (unpaired) electrons. The Morgan fingerprint density at radius 1 is 0.853 bits per heavy atom. The lowest BCUT2D eigenvalue weighted by Crippen LogP contribution is -2.10. The van der Waals surface area contributed by atoms with E-state index in [1.165, 1.54) is 0 Å². The number of nitrogens with zero attached hydrogens (tertiary/aromatic N) is 2. The Morgan fingerprint density at radius 2 is 1.59 bits per heavy atom. The number of aromatic carboxylic acids is 1. The molecule has 34 heavy (non-hydrogen) atoms. The monoisotopic (exact) mass is 466 g/mol. The number of sulfone groups is 1. The minimum atomic E-state index is -3.78. The molecule has 6 nitrogen and oxygen atoms in total. The zero-order valence-electron chi connectivity index (χ0n) is 17.8. The van der Waals surface area contributed by atoms with Crippen molar-refractivity contribution in [3.8, 4) is 6.07 Å². The number of benzene rings is 4. The van der Waals surface area contributed by atoms with E-state index in [2.05, 4.69) is 6.07 Å². The number of fused-ring (bicyclic) bond motifs is 2. The summed E-state index contributed by atoms with van der Waals surface area (Å²) in [7, 11) is -3.78. The van der Waals surface area contributed by atoms with Crippen LogP contribution in [0.3, 0.4) is 0 Å². The lowest BCUT2D eigenvalue weighted by atomic mass is 10.0. The molecule has 0 saturated carbocycles. The van der Waals surface area contributed by atoms with Crippen LogP contribution >= 0.6 is 0 Å². The first-order chi connectivity index (χ1) is 16.4. The van der Waals surface area contributed by atoms with Gasteiger partial charge in [-0.25, -0.2) is 13.2 Å². The lowest BCUT2D eigenvalue weighted by molar-refractivity contribution is 0.0686. The standard InChI is InChI=1S/C27H18N2O4S/c28-16-18-10-11-20-15-26(27(30)31)29(25(20)12-18)17-21-14-23(13-19-6-4-5-9-24(19)21)34(32,33)22-7-2-1-3-8-22/h1-15H,17H2,(H,30,31). The summed E-state index contributed by atoms with van der Waals surface area (Å²) in [5.74, 6) is -1.10. The van der Waals surface area contributed by atoms with Crippen molar-refractivity contribution in [2.75, 3.05) is 0 Å². The molecule has 0 unspecified atom stereocenters. The number of rotatable bonds is 5. The molecule has 1 N–H and O–H groups in total. The zero-order valence-corrected chi connectivity index (χ0v) is 18.7. The van der Waals surface area contributed by atoms with Crippen LogP contribution in [0.5, 0.6) is 0 Å². The molecule has 0 fully saturated rings. The molecule has 0 spiro atoms. The Morgan fingerprint density at radius 3 is 2.32 bits per heavy atom. The average Bonchev–Trinajstić information content (AvgIpc) is 3.22. The Balaban J connectivity index is 1.74.